The van der Waals surface area contributed by atoms with E-state index in [0.29, 0.717) is 28.7 Å². The molecule has 5 aromatic rings. The highest BCUT2D eigenvalue weighted by atomic mass is 35.5. The average molecular weight is 530 g/mol. The number of benzene rings is 2. The summed E-state index contributed by atoms with van der Waals surface area (Å²) in [6.45, 7) is 2.44. The molecule has 1 saturated carbocycles. The van der Waals surface area contributed by atoms with Crippen LogP contribution in [0.2, 0.25) is 5.02 Å². The van der Waals surface area contributed by atoms with Gasteiger partial charge in [-0.05, 0) is 74.9 Å². The Balaban J connectivity index is 1.20. The SMILES string of the molecule is Cc1ncc(Cl)cc1C(=O)NC1CCC(Cn2c(=O)n(-c3ccc4c(c3)nnn4C)c3ccccc32)CC1. The van der Waals surface area contributed by atoms with Gasteiger partial charge in [-0.1, -0.05) is 28.9 Å². The van der Waals surface area contributed by atoms with Gasteiger partial charge in [-0.25, -0.2) is 9.48 Å². The lowest BCUT2D eigenvalue weighted by atomic mass is 9.85. The summed E-state index contributed by atoms with van der Waals surface area (Å²) in [5, 5.41) is 11.9. The number of pyridine rings is 1. The zero-order valence-corrected chi connectivity index (χ0v) is 22.0. The highest BCUT2D eigenvalue weighted by Crippen LogP contribution is 2.28. The van der Waals surface area contributed by atoms with Crippen molar-refractivity contribution in [1.29, 1.82) is 0 Å². The van der Waals surface area contributed by atoms with Gasteiger partial charge in [-0.3, -0.25) is 18.9 Å². The second-order valence-electron chi connectivity index (χ2n) is 10.1. The van der Waals surface area contributed by atoms with Crippen LogP contribution < -0.4 is 11.0 Å². The van der Waals surface area contributed by atoms with Gasteiger partial charge < -0.3 is 5.32 Å². The number of imidazole rings is 1. The van der Waals surface area contributed by atoms with E-state index in [2.05, 4.69) is 20.6 Å². The second-order valence-corrected chi connectivity index (χ2v) is 10.5. The monoisotopic (exact) mass is 529 g/mol. The van der Waals surface area contributed by atoms with E-state index < -0.39 is 0 Å². The van der Waals surface area contributed by atoms with Gasteiger partial charge in [0, 0.05) is 25.8 Å². The number of nitrogens with zero attached hydrogens (tertiary/aromatic N) is 6. The number of nitrogens with one attached hydrogen (secondary N) is 1. The topological polar surface area (TPSA) is 99.6 Å². The van der Waals surface area contributed by atoms with E-state index in [0.717, 1.165) is 53.4 Å². The fraction of sp³-hybridized carbons (Fsp3) is 0.321. The molecule has 1 amide bonds. The molecule has 0 spiro atoms. The predicted octanol–water partition coefficient (Wildman–Crippen LogP) is 4.42. The molecule has 9 nitrogen and oxygen atoms in total. The van der Waals surface area contributed by atoms with Crippen LogP contribution in [-0.2, 0) is 13.6 Å². The Hall–Kier alpha value is -3.98. The molecule has 6 rings (SSSR count). The summed E-state index contributed by atoms with van der Waals surface area (Å²) in [7, 11) is 1.85. The molecule has 1 aliphatic carbocycles. The maximum atomic E-state index is 13.7. The first-order chi connectivity index (χ1) is 18.4. The minimum Gasteiger partial charge on any atom is -0.349 e. The lowest BCUT2D eigenvalue weighted by molar-refractivity contribution is 0.0919. The Bertz CT molecular complexity index is 1730. The quantitative estimate of drug-likeness (QED) is 0.363. The number of carbonyl (C=O) groups is 1. The molecule has 194 valence electrons. The van der Waals surface area contributed by atoms with Crippen molar-refractivity contribution in [3.05, 3.63) is 81.5 Å². The molecule has 3 heterocycles. The van der Waals surface area contributed by atoms with Crippen LogP contribution in [0, 0.1) is 12.8 Å². The van der Waals surface area contributed by atoms with Crippen molar-refractivity contribution >= 4 is 39.6 Å². The van der Waals surface area contributed by atoms with Gasteiger partial charge in [0.05, 0.1) is 38.5 Å². The number of hydrogen-bond acceptors (Lipinski definition) is 5. The van der Waals surface area contributed by atoms with Crippen molar-refractivity contribution in [2.24, 2.45) is 13.0 Å². The van der Waals surface area contributed by atoms with Crippen molar-refractivity contribution in [1.82, 2.24) is 34.4 Å². The van der Waals surface area contributed by atoms with Crippen LogP contribution in [0.25, 0.3) is 27.8 Å². The van der Waals surface area contributed by atoms with Gasteiger partial charge in [-0.2, -0.15) is 0 Å². The Labute approximate surface area is 224 Å². The molecule has 38 heavy (non-hydrogen) atoms. The first-order valence-corrected chi connectivity index (χ1v) is 13.2. The number of halogens is 1. The van der Waals surface area contributed by atoms with Crippen LogP contribution in [0.15, 0.2) is 59.5 Å². The Kier molecular flexibility index (Phi) is 6.23. The lowest BCUT2D eigenvalue weighted by Crippen LogP contribution is -2.39. The Morgan fingerprint density at radius 2 is 1.82 bits per heavy atom. The minimum atomic E-state index is -0.139. The van der Waals surface area contributed by atoms with Crippen LogP contribution in [0.3, 0.4) is 0 Å². The maximum absolute atomic E-state index is 13.7. The number of aryl methyl sites for hydroxylation is 2. The number of aromatic nitrogens is 6. The zero-order valence-electron chi connectivity index (χ0n) is 21.3. The summed E-state index contributed by atoms with van der Waals surface area (Å²) in [6.07, 6.45) is 5.12. The molecular weight excluding hydrogens is 502 g/mol. The molecule has 0 saturated heterocycles. The average Bonchev–Trinajstić information content (AvgIpc) is 3.42. The molecule has 0 bridgehead atoms. The number of fused-ring (bicyclic) bond motifs is 2. The maximum Gasteiger partial charge on any atom is 0.333 e. The van der Waals surface area contributed by atoms with Crippen LogP contribution in [0.5, 0.6) is 0 Å². The van der Waals surface area contributed by atoms with Crippen molar-refractivity contribution in [3.63, 3.8) is 0 Å². The van der Waals surface area contributed by atoms with E-state index in [9.17, 15) is 9.59 Å². The van der Waals surface area contributed by atoms with E-state index in [1.165, 1.54) is 0 Å². The van der Waals surface area contributed by atoms with Crippen LogP contribution in [-0.4, -0.2) is 41.1 Å². The minimum absolute atomic E-state index is 0.0613. The number of para-hydroxylation sites is 2. The summed E-state index contributed by atoms with van der Waals surface area (Å²) in [6, 6.07) is 15.4. The van der Waals surface area contributed by atoms with E-state index >= 15 is 0 Å². The van der Waals surface area contributed by atoms with Crippen molar-refractivity contribution < 1.29 is 4.79 Å². The lowest BCUT2D eigenvalue weighted by Gasteiger charge is -2.29. The fourth-order valence-electron chi connectivity index (χ4n) is 5.55. The smallest absolute Gasteiger partial charge is 0.333 e. The first kappa shape index (κ1) is 24.4. The van der Waals surface area contributed by atoms with Gasteiger partial charge >= 0.3 is 5.69 Å². The Morgan fingerprint density at radius 3 is 2.61 bits per heavy atom. The zero-order chi connectivity index (χ0) is 26.4. The number of amides is 1. The first-order valence-electron chi connectivity index (χ1n) is 12.8. The third kappa shape index (κ3) is 4.36. The molecule has 0 atom stereocenters. The van der Waals surface area contributed by atoms with Gasteiger partial charge in [0.2, 0.25) is 0 Å². The summed E-state index contributed by atoms with van der Waals surface area (Å²) < 4.78 is 5.37. The molecular formula is C28H28ClN7O2. The summed E-state index contributed by atoms with van der Waals surface area (Å²) in [5.74, 6) is 0.206. The molecule has 3 aromatic heterocycles. The summed E-state index contributed by atoms with van der Waals surface area (Å²) in [4.78, 5) is 30.7. The number of rotatable bonds is 5. The molecule has 1 fully saturated rings. The molecule has 0 aliphatic heterocycles. The van der Waals surface area contributed by atoms with Crippen LogP contribution >= 0.6 is 11.6 Å². The van der Waals surface area contributed by atoms with Gasteiger partial charge in [0.25, 0.3) is 5.91 Å². The van der Waals surface area contributed by atoms with Gasteiger partial charge in [0.1, 0.15) is 5.52 Å². The normalized spacial score (nSPS) is 17.8. The largest absolute Gasteiger partial charge is 0.349 e. The third-order valence-corrected chi connectivity index (χ3v) is 7.82. The van der Waals surface area contributed by atoms with Crippen molar-refractivity contribution in [3.8, 4) is 5.69 Å². The molecule has 0 unspecified atom stereocenters. The van der Waals surface area contributed by atoms with E-state index in [1.807, 2.05) is 61.0 Å². The van der Waals surface area contributed by atoms with Gasteiger partial charge in [0.15, 0.2) is 0 Å². The summed E-state index contributed by atoms with van der Waals surface area (Å²) in [5.41, 5.74) is 5.33. The predicted molar refractivity (Wildman–Crippen MR) is 147 cm³/mol. The third-order valence-electron chi connectivity index (χ3n) is 7.61. The molecule has 1 aliphatic rings. The van der Waals surface area contributed by atoms with Crippen molar-refractivity contribution in [2.75, 3.05) is 0 Å². The highest BCUT2D eigenvalue weighted by Gasteiger charge is 2.26. The standard InChI is InChI=1S/C28H28ClN7O2/c1-17-22(13-19(29)15-30-17)27(37)31-20-9-7-18(8-10-20)16-35-25-5-3-4-6-26(25)36(28(35)38)21-11-12-24-23(14-21)32-33-34(24)2/h3-6,11-15,18,20H,7-10,16H2,1-2H3,(H,31,37). The molecule has 2 aromatic carbocycles. The number of carbonyl (C=O) groups excluding carboxylic acids is 1. The Morgan fingerprint density at radius 1 is 1.05 bits per heavy atom. The second kappa shape index (κ2) is 9.72. The van der Waals surface area contributed by atoms with Crippen molar-refractivity contribution in [2.45, 2.75) is 45.2 Å². The molecule has 10 heteroatoms. The van der Waals surface area contributed by atoms with Gasteiger partial charge in [-0.15, -0.1) is 5.10 Å². The van der Waals surface area contributed by atoms with E-state index in [1.54, 1.807) is 21.5 Å². The summed E-state index contributed by atoms with van der Waals surface area (Å²) >= 11 is 6.04. The van der Waals surface area contributed by atoms with Crippen LogP contribution in [0.4, 0.5) is 0 Å². The molecule has 0 radical (unpaired) electrons. The van der Waals surface area contributed by atoms with E-state index in [-0.39, 0.29) is 17.6 Å². The van der Waals surface area contributed by atoms with Crippen LogP contribution in [0.1, 0.15) is 41.7 Å². The number of hydrogen-bond donors (Lipinski definition) is 1. The van der Waals surface area contributed by atoms with E-state index in [4.69, 9.17) is 11.6 Å². The fourth-order valence-corrected chi connectivity index (χ4v) is 5.71. The molecule has 1 N–H and O–H groups in total. The highest BCUT2D eigenvalue weighted by molar-refractivity contribution is 6.30.